The second-order valence-corrected chi connectivity index (χ2v) is 12.3. The molecule has 1 aromatic heterocycles. The maximum atomic E-state index is 13.5. The number of hydrogen-bond donors (Lipinski definition) is 1. The van der Waals surface area contributed by atoms with Crippen molar-refractivity contribution in [3.8, 4) is 17.0 Å². The maximum Gasteiger partial charge on any atom is 0.256 e. The minimum atomic E-state index is -3.39. The van der Waals surface area contributed by atoms with Crippen LogP contribution in [0.3, 0.4) is 0 Å². The Morgan fingerprint density at radius 2 is 1.95 bits per heavy atom. The number of nitrogens with zero attached hydrogens (tertiary/aromatic N) is 3. The Hall–Kier alpha value is -2.59. The first kappa shape index (κ1) is 26.0. The number of sulfonamides is 1. The van der Waals surface area contributed by atoms with Crippen LogP contribution in [0.4, 0.5) is 0 Å². The lowest BCUT2D eigenvalue weighted by Crippen LogP contribution is -2.39. The molecule has 1 amide bonds. The zero-order valence-corrected chi connectivity index (χ0v) is 23.3. The SMILES string of the molecule is COc1cccc(C(=O)N2CCc3c(nn(C)c3-c3cc(Cl)cc(C4(NS(C)(=O)=O)CC4)c3)[C@@H]2C)c1Cl. The van der Waals surface area contributed by atoms with Gasteiger partial charge in [0.05, 0.1) is 46.9 Å². The molecule has 2 aliphatic rings. The summed E-state index contributed by atoms with van der Waals surface area (Å²) in [4.78, 5) is 15.2. The van der Waals surface area contributed by atoms with E-state index < -0.39 is 15.6 Å². The van der Waals surface area contributed by atoms with Crippen LogP contribution in [0.2, 0.25) is 10.0 Å². The number of aromatic nitrogens is 2. The van der Waals surface area contributed by atoms with E-state index in [1.807, 2.05) is 36.9 Å². The summed E-state index contributed by atoms with van der Waals surface area (Å²) in [7, 11) is -0.000134. The average Bonchev–Trinajstić information content (AvgIpc) is 3.51. The second-order valence-electron chi connectivity index (χ2n) is 9.77. The first-order valence-corrected chi connectivity index (χ1v) is 14.6. The molecule has 2 heterocycles. The molecule has 0 saturated heterocycles. The van der Waals surface area contributed by atoms with Gasteiger partial charge in [0.15, 0.2) is 0 Å². The fourth-order valence-corrected chi connectivity index (χ4v) is 6.85. The van der Waals surface area contributed by atoms with Gasteiger partial charge >= 0.3 is 0 Å². The number of amides is 1. The zero-order valence-electron chi connectivity index (χ0n) is 21.0. The predicted octanol–water partition coefficient (Wildman–Crippen LogP) is 4.70. The molecular formula is C26H28Cl2N4O4S. The molecule has 1 atom stereocenters. The van der Waals surface area contributed by atoms with Crippen LogP contribution in [0.5, 0.6) is 5.75 Å². The summed E-state index contributed by atoms with van der Waals surface area (Å²) in [5, 5.41) is 5.61. The van der Waals surface area contributed by atoms with Gasteiger partial charge in [-0.05, 0) is 62.1 Å². The van der Waals surface area contributed by atoms with E-state index in [9.17, 15) is 13.2 Å². The van der Waals surface area contributed by atoms with Gasteiger partial charge in [0.1, 0.15) is 5.75 Å². The zero-order chi connectivity index (χ0) is 26.7. The molecule has 5 rings (SSSR count). The molecular weight excluding hydrogens is 535 g/mol. The first-order valence-electron chi connectivity index (χ1n) is 11.9. The van der Waals surface area contributed by atoms with E-state index in [2.05, 4.69) is 4.72 Å². The lowest BCUT2D eigenvalue weighted by Gasteiger charge is -2.33. The highest BCUT2D eigenvalue weighted by molar-refractivity contribution is 7.88. The van der Waals surface area contributed by atoms with Gasteiger partial charge in [-0.1, -0.05) is 29.3 Å². The third-order valence-electron chi connectivity index (χ3n) is 7.17. The summed E-state index contributed by atoms with van der Waals surface area (Å²) >= 11 is 13.0. The van der Waals surface area contributed by atoms with Gasteiger partial charge in [-0.3, -0.25) is 9.48 Å². The fourth-order valence-electron chi connectivity index (χ4n) is 5.30. The molecule has 0 radical (unpaired) electrons. The minimum Gasteiger partial charge on any atom is -0.495 e. The Morgan fingerprint density at radius 1 is 1.22 bits per heavy atom. The van der Waals surface area contributed by atoms with Gasteiger partial charge in [0.25, 0.3) is 5.91 Å². The van der Waals surface area contributed by atoms with Crippen molar-refractivity contribution in [1.82, 2.24) is 19.4 Å². The summed E-state index contributed by atoms with van der Waals surface area (Å²) in [5.41, 5.74) is 4.23. The number of methoxy groups -OCH3 is 1. The number of carbonyl (C=O) groups is 1. The molecule has 1 fully saturated rings. The molecule has 2 aromatic carbocycles. The molecule has 3 aromatic rings. The van der Waals surface area contributed by atoms with E-state index in [1.54, 1.807) is 23.1 Å². The van der Waals surface area contributed by atoms with Crippen molar-refractivity contribution in [2.24, 2.45) is 7.05 Å². The van der Waals surface area contributed by atoms with Crippen LogP contribution in [-0.2, 0) is 29.0 Å². The highest BCUT2D eigenvalue weighted by Gasteiger charge is 2.47. The van der Waals surface area contributed by atoms with Crippen molar-refractivity contribution < 1.29 is 17.9 Å². The molecule has 1 N–H and O–H groups in total. The Morgan fingerprint density at radius 3 is 2.59 bits per heavy atom. The lowest BCUT2D eigenvalue weighted by molar-refractivity contribution is 0.0673. The van der Waals surface area contributed by atoms with Gasteiger partial charge in [-0.15, -0.1) is 0 Å². The highest BCUT2D eigenvalue weighted by Crippen LogP contribution is 2.48. The number of aryl methyl sites for hydroxylation is 1. The molecule has 0 bridgehead atoms. The van der Waals surface area contributed by atoms with Gasteiger partial charge in [-0.2, -0.15) is 5.10 Å². The third kappa shape index (κ3) is 4.74. The number of halogens is 2. The second kappa shape index (κ2) is 9.31. The van der Waals surface area contributed by atoms with Crippen LogP contribution in [0.15, 0.2) is 36.4 Å². The van der Waals surface area contributed by atoms with E-state index in [0.29, 0.717) is 42.1 Å². The topological polar surface area (TPSA) is 93.5 Å². The number of benzene rings is 2. The van der Waals surface area contributed by atoms with Crippen molar-refractivity contribution in [3.63, 3.8) is 0 Å². The number of rotatable bonds is 6. The molecule has 196 valence electrons. The quantitative estimate of drug-likeness (QED) is 0.470. The largest absolute Gasteiger partial charge is 0.495 e. The number of hydrogen-bond acceptors (Lipinski definition) is 5. The van der Waals surface area contributed by atoms with Crippen molar-refractivity contribution in [3.05, 3.63) is 68.8 Å². The van der Waals surface area contributed by atoms with E-state index in [0.717, 1.165) is 28.1 Å². The fraction of sp³-hybridized carbons (Fsp3) is 0.385. The molecule has 8 nitrogen and oxygen atoms in total. The van der Waals surface area contributed by atoms with E-state index >= 15 is 0 Å². The summed E-state index contributed by atoms with van der Waals surface area (Å²) in [6.07, 6.45) is 3.20. The van der Waals surface area contributed by atoms with Crippen molar-refractivity contribution in [2.45, 2.75) is 37.8 Å². The summed E-state index contributed by atoms with van der Waals surface area (Å²) in [6, 6.07) is 10.6. The van der Waals surface area contributed by atoms with Crippen LogP contribution in [0, 0.1) is 0 Å². The van der Waals surface area contributed by atoms with Crippen LogP contribution in [0.1, 0.15) is 53.0 Å². The number of carbonyl (C=O) groups excluding carboxylic acids is 1. The molecule has 11 heteroatoms. The lowest BCUT2D eigenvalue weighted by atomic mass is 9.93. The monoisotopic (exact) mass is 562 g/mol. The van der Waals surface area contributed by atoms with Crippen LogP contribution < -0.4 is 9.46 Å². The van der Waals surface area contributed by atoms with Gasteiger partial charge in [0.2, 0.25) is 10.0 Å². The van der Waals surface area contributed by atoms with Gasteiger partial charge in [-0.25, -0.2) is 13.1 Å². The maximum absolute atomic E-state index is 13.5. The number of ether oxygens (including phenoxy) is 1. The molecule has 0 unspecified atom stereocenters. The van der Waals surface area contributed by atoms with Crippen LogP contribution >= 0.6 is 23.2 Å². The van der Waals surface area contributed by atoms with Crippen molar-refractivity contribution in [1.29, 1.82) is 0 Å². The Balaban J connectivity index is 1.50. The average molecular weight is 564 g/mol. The van der Waals surface area contributed by atoms with Crippen molar-refractivity contribution in [2.75, 3.05) is 19.9 Å². The van der Waals surface area contributed by atoms with E-state index in [-0.39, 0.29) is 17.0 Å². The molecule has 0 spiro atoms. The third-order valence-corrected chi connectivity index (χ3v) is 8.54. The normalized spacial score (nSPS) is 18.4. The summed E-state index contributed by atoms with van der Waals surface area (Å²) in [6.45, 7) is 2.45. The summed E-state index contributed by atoms with van der Waals surface area (Å²) < 4.78 is 33.8. The van der Waals surface area contributed by atoms with E-state index in [4.69, 9.17) is 33.0 Å². The molecule has 1 saturated carbocycles. The Kier molecular flexibility index (Phi) is 6.55. The minimum absolute atomic E-state index is 0.179. The standard InChI is InChI=1S/C26H28Cl2N4O4S/c1-15-23-20(8-11-32(15)25(33)19-6-5-7-21(36-3)22(19)28)24(31(2)29-23)16-12-17(14-18(27)13-16)26(9-10-26)30-37(4,34)35/h5-7,12-15,30H,8-11H2,1-4H3/t15-/m0/s1. The van der Waals surface area contributed by atoms with Crippen LogP contribution in [-0.4, -0.2) is 48.9 Å². The highest BCUT2D eigenvalue weighted by atomic mass is 35.5. The number of nitrogens with one attached hydrogen (secondary N) is 1. The Labute approximate surface area is 226 Å². The molecule has 1 aliphatic heterocycles. The van der Waals surface area contributed by atoms with Gasteiger partial charge < -0.3 is 9.64 Å². The van der Waals surface area contributed by atoms with Crippen LogP contribution in [0.25, 0.3) is 11.3 Å². The Bertz CT molecular complexity index is 1510. The molecule has 1 aliphatic carbocycles. The number of fused-ring (bicyclic) bond motifs is 1. The summed E-state index contributed by atoms with van der Waals surface area (Å²) in [5.74, 6) is 0.273. The molecule has 37 heavy (non-hydrogen) atoms. The smallest absolute Gasteiger partial charge is 0.256 e. The van der Waals surface area contributed by atoms with Gasteiger partial charge in [0, 0.05) is 29.7 Å². The van der Waals surface area contributed by atoms with E-state index in [1.165, 1.54) is 13.4 Å². The van der Waals surface area contributed by atoms with Crippen molar-refractivity contribution >= 4 is 39.1 Å². The predicted molar refractivity (Wildman–Crippen MR) is 144 cm³/mol. The first-order chi connectivity index (χ1) is 17.4.